The number of carbonyl (C=O) groups is 3. The zero-order valence-electron chi connectivity index (χ0n) is 14.8. The number of esters is 1. The largest absolute Gasteiger partial charge is 0.480 e. The molecular weight excluding hydrogens is 350 g/mol. The van der Waals surface area contributed by atoms with Crippen molar-refractivity contribution >= 4 is 30.4 Å². The highest BCUT2D eigenvalue weighted by Gasteiger charge is 2.14. The summed E-state index contributed by atoms with van der Waals surface area (Å²) in [7, 11) is 3.09. The lowest BCUT2D eigenvalue weighted by atomic mass is 10.2. The molecule has 0 heterocycles. The van der Waals surface area contributed by atoms with Gasteiger partial charge < -0.3 is 25.8 Å². The SMILES string of the molecule is C[C@H](N)C(=O)OCc1ccccc1.C[C@H](NC(=O)N(C)C)C(=O)O.Cl. The van der Waals surface area contributed by atoms with E-state index in [1.165, 1.54) is 11.8 Å². The van der Waals surface area contributed by atoms with Gasteiger partial charge in [-0.1, -0.05) is 30.3 Å². The molecule has 9 heteroatoms. The predicted octanol–water partition coefficient (Wildman–Crippen LogP) is 1.23. The Labute approximate surface area is 153 Å². The summed E-state index contributed by atoms with van der Waals surface area (Å²) in [5.41, 5.74) is 6.29. The molecule has 0 unspecified atom stereocenters. The number of amides is 2. The lowest BCUT2D eigenvalue weighted by Crippen LogP contribution is -2.43. The van der Waals surface area contributed by atoms with E-state index in [0.717, 1.165) is 5.56 Å². The number of hydrogen-bond donors (Lipinski definition) is 3. The molecule has 0 spiro atoms. The van der Waals surface area contributed by atoms with Crippen molar-refractivity contribution in [3.05, 3.63) is 35.9 Å². The summed E-state index contributed by atoms with van der Waals surface area (Å²) in [6.45, 7) is 3.30. The van der Waals surface area contributed by atoms with E-state index in [9.17, 15) is 14.4 Å². The molecule has 4 N–H and O–H groups in total. The number of carboxylic acid groups (broad SMARTS) is 1. The molecule has 0 aliphatic carbocycles. The number of urea groups is 1. The highest BCUT2D eigenvalue weighted by molar-refractivity contribution is 5.85. The van der Waals surface area contributed by atoms with Gasteiger partial charge in [0, 0.05) is 14.1 Å². The van der Waals surface area contributed by atoms with Gasteiger partial charge in [0.25, 0.3) is 0 Å². The summed E-state index contributed by atoms with van der Waals surface area (Å²) in [4.78, 5) is 33.3. The number of ether oxygens (including phenoxy) is 1. The van der Waals surface area contributed by atoms with Gasteiger partial charge in [-0.25, -0.2) is 4.79 Å². The van der Waals surface area contributed by atoms with Crippen LogP contribution in [-0.4, -0.2) is 54.2 Å². The number of benzene rings is 1. The number of aliphatic carboxylic acids is 1. The first-order chi connectivity index (χ1) is 11.1. The maximum Gasteiger partial charge on any atom is 0.325 e. The summed E-state index contributed by atoms with van der Waals surface area (Å²) >= 11 is 0. The third-order valence-corrected chi connectivity index (χ3v) is 2.71. The quantitative estimate of drug-likeness (QED) is 0.665. The van der Waals surface area contributed by atoms with Crippen LogP contribution in [0.25, 0.3) is 0 Å². The Morgan fingerprint density at radius 1 is 1.20 bits per heavy atom. The van der Waals surface area contributed by atoms with Gasteiger partial charge >= 0.3 is 18.0 Å². The van der Waals surface area contributed by atoms with E-state index in [-0.39, 0.29) is 18.4 Å². The summed E-state index contributed by atoms with van der Waals surface area (Å²) in [6.07, 6.45) is 0. The molecule has 1 aromatic carbocycles. The van der Waals surface area contributed by atoms with Gasteiger partial charge in [0.1, 0.15) is 18.7 Å². The monoisotopic (exact) mass is 375 g/mol. The van der Waals surface area contributed by atoms with Gasteiger partial charge in [-0.05, 0) is 19.4 Å². The predicted molar refractivity (Wildman–Crippen MR) is 96.5 cm³/mol. The first-order valence-electron chi connectivity index (χ1n) is 7.32. The first-order valence-corrected chi connectivity index (χ1v) is 7.32. The van der Waals surface area contributed by atoms with Crippen LogP contribution in [0, 0.1) is 0 Å². The topological polar surface area (TPSA) is 122 Å². The average molecular weight is 376 g/mol. The van der Waals surface area contributed by atoms with Gasteiger partial charge in [0.05, 0.1) is 0 Å². The van der Waals surface area contributed by atoms with E-state index in [1.54, 1.807) is 21.0 Å². The number of nitrogens with one attached hydrogen (secondary N) is 1. The van der Waals surface area contributed by atoms with Gasteiger partial charge in [-0.15, -0.1) is 12.4 Å². The van der Waals surface area contributed by atoms with Crippen molar-refractivity contribution in [1.82, 2.24) is 10.2 Å². The molecule has 2 amide bonds. The molecule has 0 aliphatic heterocycles. The maximum absolute atomic E-state index is 11.0. The molecule has 0 radical (unpaired) electrons. The molecule has 25 heavy (non-hydrogen) atoms. The van der Waals surface area contributed by atoms with Gasteiger partial charge in [0.15, 0.2) is 0 Å². The van der Waals surface area contributed by atoms with E-state index < -0.39 is 24.1 Å². The number of carboxylic acids is 1. The van der Waals surface area contributed by atoms with Crippen LogP contribution in [0.4, 0.5) is 4.79 Å². The van der Waals surface area contributed by atoms with Crippen LogP contribution in [0.1, 0.15) is 19.4 Å². The maximum atomic E-state index is 11.0. The second-order valence-corrected chi connectivity index (χ2v) is 5.29. The highest BCUT2D eigenvalue weighted by Crippen LogP contribution is 2.00. The van der Waals surface area contributed by atoms with E-state index in [1.807, 2.05) is 30.3 Å². The minimum atomic E-state index is -1.04. The minimum absolute atomic E-state index is 0. The molecule has 2 atom stereocenters. The summed E-state index contributed by atoms with van der Waals surface area (Å²) < 4.78 is 4.93. The van der Waals surface area contributed by atoms with E-state index in [0.29, 0.717) is 6.61 Å². The zero-order chi connectivity index (χ0) is 18.7. The van der Waals surface area contributed by atoms with Crippen LogP contribution in [-0.2, 0) is 20.9 Å². The van der Waals surface area contributed by atoms with Crippen LogP contribution >= 0.6 is 12.4 Å². The Hall–Kier alpha value is -2.32. The molecule has 8 nitrogen and oxygen atoms in total. The molecule has 0 bridgehead atoms. The Kier molecular flexibility index (Phi) is 13.0. The summed E-state index contributed by atoms with van der Waals surface area (Å²) in [5.74, 6) is -1.41. The van der Waals surface area contributed by atoms with Crippen LogP contribution in [0.15, 0.2) is 30.3 Å². The van der Waals surface area contributed by atoms with Crippen LogP contribution in [0.3, 0.4) is 0 Å². The fraction of sp³-hybridized carbons (Fsp3) is 0.438. The summed E-state index contributed by atoms with van der Waals surface area (Å²) in [5, 5.41) is 10.6. The number of hydrogen-bond acceptors (Lipinski definition) is 5. The Morgan fingerprint density at radius 3 is 2.12 bits per heavy atom. The highest BCUT2D eigenvalue weighted by atomic mass is 35.5. The molecule has 0 aromatic heterocycles. The first kappa shape index (κ1) is 24.9. The average Bonchev–Trinajstić information content (AvgIpc) is 2.53. The van der Waals surface area contributed by atoms with E-state index in [4.69, 9.17) is 15.6 Å². The molecule has 0 fully saturated rings. The second kappa shape index (κ2) is 13.0. The van der Waals surface area contributed by atoms with Gasteiger partial charge in [-0.2, -0.15) is 0 Å². The Bertz CT molecular complexity index is 538. The number of carbonyl (C=O) groups excluding carboxylic acids is 2. The summed E-state index contributed by atoms with van der Waals surface area (Å²) in [6, 6.07) is 7.71. The fourth-order valence-corrected chi connectivity index (χ4v) is 1.24. The normalized spacial score (nSPS) is 11.6. The molecule has 0 saturated heterocycles. The lowest BCUT2D eigenvalue weighted by molar-refractivity contribution is -0.146. The zero-order valence-corrected chi connectivity index (χ0v) is 15.6. The molecule has 1 rings (SSSR count). The number of halogens is 1. The third kappa shape index (κ3) is 11.8. The smallest absolute Gasteiger partial charge is 0.325 e. The number of nitrogens with two attached hydrogens (primary N) is 1. The van der Waals surface area contributed by atoms with Crippen molar-refractivity contribution < 1.29 is 24.2 Å². The van der Waals surface area contributed by atoms with Crippen LogP contribution in [0.2, 0.25) is 0 Å². The Morgan fingerprint density at radius 2 is 1.72 bits per heavy atom. The molecular formula is C16H26ClN3O5. The molecule has 142 valence electrons. The van der Waals surface area contributed by atoms with Crippen molar-refractivity contribution in [3.63, 3.8) is 0 Å². The standard InChI is InChI=1S/C10H13NO2.C6H12N2O3.ClH/c1-8(11)10(12)13-7-9-5-3-2-4-6-9;1-4(5(9)10)7-6(11)8(2)3;/h2-6,8H,7,11H2,1H3;4H,1-3H3,(H,7,11)(H,9,10);1H/t8-;4-;/m00./s1. The second-order valence-electron chi connectivity index (χ2n) is 5.29. The van der Waals surface area contributed by atoms with Crippen molar-refractivity contribution in [3.8, 4) is 0 Å². The van der Waals surface area contributed by atoms with Gasteiger partial charge in [-0.3, -0.25) is 9.59 Å². The number of rotatable bonds is 5. The molecule has 1 aromatic rings. The fourth-order valence-electron chi connectivity index (χ4n) is 1.24. The Balaban J connectivity index is 0. The van der Waals surface area contributed by atoms with Crippen molar-refractivity contribution in [2.45, 2.75) is 32.5 Å². The lowest BCUT2D eigenvalue weighted by Gasteiger charge is -2.14. The van der Waals surface area contributed by atoms with Crippen molar-refractivity contribution in [2.75, 3.05) is 14.1 Å². The van der Waals surface area contributed by atoms with Crippen LogP contribution in [0.5, 0.6) is 0 Å². The third-order valence-electron chi connectivity index (χ3n) is 2.71. The van der Waals surface area contributed by atoms with Crippen molar-refractivity contribution in [1.29, 1.82) is 0 Å². The molecule has 0 aliphatic rings. The van der Waals surface area contributed by atoms with E-state index >= 15 is 0 Å². The van der Waals surface area contributed by atoms with Crippen molar-refractivity contribution in [2.24, 2.45) is 5.73 Å². The van der Waals surface area contributed by atoms with Gasteiger partial charge in [0.2, 0.25) is 0 Å². The van der Waals surface area contributed by atoms with Crippen LogP contribution < -0.4 is 11.1 Å². The van der Waals surface area contributed by atoms with E-state index in [2.05, 4.69) is 5.32 Å². The molecule has 0 saturated carbocycles. The number of nitrogens with zero attached hydrogens (tertiary/aromatic N) is 1. The minimum Gasteiger partial charge on any atom is -0.480 e.